The van der Waals surface area contributed by atoms with Gasteiger partial charge in [-0.1, -0.05) is 11.6 Å². The lowest BCUT2D eigenvalue weighted by molar-refractivity contribution is -0.130. The van der Waals surface area contributed by atoms with Crippen LogP contribution < -0.4 is 10.6 Å². The summed E-state index contributed by atoms with van der Waals surface area (Å²) in [5.74, 6) is 0.282. The number of carbonyl (C=O) groups excluding carboxylic acids is 1. The predicted molar refractivity (Wildman–Crippen MR) is 107 cm³/mol. The molecule has 9 heteroatoms. The van der Waals surface area contributed by atoms with Crippen LogP contribution in [0.25, 0.3) is 11.0 Å². The zero-order valence-corrected chi connectivity index (χ0v) is 15.8. The van der Waals surface area contributed by atoms with E-state index in [0.717, 1.165) is 29.7 Å². The highest BCUT2D eigenvalue weighted by Gasteiger charge is 2.24. The van der Waals surface area contributed by atoms with Crippen LogP contribution in [-0.2, 0) is 4.79 Å². The number of likely N-dealkylation sites (tertiary alicyclic amines) is 1. The molecule has 3 aromatic rings. The molecule has 0 spiro atoms. The molecule has 7 nitrogen and oxygen atoms in total. The number of hydrogen-bond donors (Lipinski definition) is 3. The van der Waals surface area contributed by atoms with Crippen molar-refractivity contribution in [3.63, 3.8) is 0 Å². The van der Waals surface area contributed by atoms with E-state index in [-0.39, 0.29) is 23.5 Å². The average Bonchev–Trinajstić information content (AvgIpc) is 3.15. The molecule has 1 atom stereocenters. The molecule has 0 radical (unpaired) electrons. The summed E-state index contributed by atoms with van der Waals surface area (Å²) in [5, 5.41) is 7.60. The Hall–Kier alpha value is -2.87. The van der Waals surface area contributed by atoms with Gasteiger partial charge in [0.25, 0.3) is 0 Å². The van der Waals surface area contributed by atoms with Gasteiger partial charge >= 0.3 is 0 Å². The number of piperidine rings is 1. The molecule has 1 amide bonds. The quantitative estimate of drug-likeness (QED) is 0.609. The number of nitrogens with zero attached hydrogens (tertiary/aromatic N) is 3. The van der Waals surface area contributed by atoms with Crippen LogP contribution in [0.4, 0.5) is 15.9 Å². The second-order valence-corrected chi connectivity index (χ2v) is 7.23. The van der Waals surface area contributed by atoms with Gasteiger partial charge in [-0.15, -0.1) is 0 Å². The van der Waals surface area contributed by atoms with Crippen molar-refractivity contribution in [3.05, 3.63) is 47.6 Å². The fourth-order valence-corrected chi connectivity index (χ4v) is 3.67. The van der Waals surface area contributed by atoms with Crippen molar-refractivity contribution in [3.8, 4) is 0 Å². The normalized spacial score (nSPS) is 16.9. The van der Waals surface area contributed by atoms with E-state index in [1.165, 1.54) is 18.5 Å². The monoisotopic (exact) mass is 402 g/mol. The van der Waals surface area contributed by atoms with E-state index in [9.17, 15) is 9.18 Å². The van der Waals surface area contributed by atoms with Gasteiger partial charge in [0.05, 0.1) is 11.9 Å². The molecule has 1 aromatic carbocycles. The Morgan fingerprint density at radius 3 is 3.11 bits per heavy atom. The second kappa shape index (κ2) is 8.02. The number of fused-ring (bicyclic) bond motifs is 1. The summed E-state index contributed by atoms with van der Waals surface area (Å²) in [6.07, 6.45) is 5.19. The van der Waals surface area contributed by atoms with E-state index in [2.05, 4.69) is 25.6 Å². The maximum absolute atomic E-state index is 13.4. The summed E-state index contributed by atoms with van der Waals surface area (Å²) in [6, 6.07) is 6.17. The Morgan fingerprint density at radius 2 is 2.25 bits per heavy atom. The molecule has 3 N–H and O–H groups in total. The summed E-state index contributed by atoms with van der Waals surface area (Å²) in [7, 11) is 0. The number of aromatic nitrogens is 3. The largest absolute Gasteiger partial charge is 0.376 e. The number of H-pyrrole nitrogens is 1. The highest BCUT2D eigenvalue weighted by atomic mass is 35.5. The van der Waals surface area contributed by atoms with E-state index in [1.54, 1.807) is 6.07 Å². The highest BCUT2D eigenvalue weighted by molar-refractivity contribution is 6.30. The van der Waals surface area contributed by atoms with Crippen molar-refractivity contribution >= 4 is 40.0 Å². The van der Waals surface area contributed by atoms with Gasteiger partial charge in [-0.05, 0) is 37.1 Å². The molecule has 1 aliphatic rings. The number of amides is 1. The third-order valence-corrected chi connectivity index (χ3v) is 4.99. The van der Waals surface area contributed by atoms with Gasteiger partial charge in [-0.2, -0.15) is 0 Å². The fourth-order valence-electron chi connectivity index (χ4n) is 3.45. The standard InChI is InChI=1S/C19H20ClFN6O/c20-12-6-13(21)8-15(7-12)23-9-17(28)27-5-1-2-14(10-27)26-19-16-3-4-22-18(16)24-11-25-19/h3-4,6-8,11,14,23H,1-2,5,9-10H2,(H2,22,24,25,26)/t14-/m0/s1. The van der Waals surface area contributed by atoms with E-state index >= 15 is 0 Å². The number of hydrogen-bond acceptors (Lipinski definition) is 5. The van der Waals surface area contributed by atoms with Crippen molar-refractivity contribution in [2.75, 3.05) is 30.3 Å². The zero-order chi connectivity index (χ0) is 19.5. The molecule has 1 aliphatic heterocycles. The third kappa shape index (κ3) is 4.17. The smallest absolute Gasteiger partial charge is 0.241 e. The number of nitrogens with one attached hydrogen (secondary N) is 3. The first-order valence-electron chi connectivity index (χ1n) is 9.11. The molecule has 0 saturated carbocycles. The molecular formula is C19H20ClFN6O. The van der Waals surface area contributed by atoms with E-state index in [1.807, 2.05) is 17.2 Å². The van der Waals surface area contributed by atoms with Crippen LogP contribution in [0.15, 0.2) is 36.8 Å². The van der Waals surface area contributed by atoms with Gasteiger partial charge in [-0.25, -0.2) is 14.4 Å². The van der Waals surface area contributed by atoms with Crippen molar-refractivity contribution < 1.29 is 9.18 Å². The zero-order valence-electron chi connectivity index (χ0n) is 15.1. The maximum Gasteiger partial charge on any atom is 0.241 e. The van der Waals surface area contributed by atoms with Crippen LogP contribution in [0.3, 0.4) is 0 Å². The van der Waals surface area contributed by atoms with Gasteiger partial charge < -0.3 is 20.5 Å². The van der Waals surface area contributed by atoms with Crippen LogP contribution in [0.1, 0.15) is 12.8 Å². The van der Waals surface area contributed by atoms with Gasteiger partial charge in [0.15, 0.2) is 0 Å². The molecule has 0 bridgehead atoms. The molecule has 0 aliphatic carbocycles. The van der Waals surface area contributed by atoms with Gasteiger partial charge in [0.1, 0.15) is 23.6 Å². The molecule has 4 rings (SSSR count). The number of benzene rings is 1. The van der Waals surface area contributed by atoms with Crippen LogP contribution in [0.5, 0.6) is 0 Å². The van der Waals surface area contributed by atoms with Crippen molar-refractivity contribution in [1.82, 2.24) is 19.9 Å². The molecule has 2 aromatic heterocycles. The van der Waals surface area contributed by atoms with Crippen LogP contribution >= 0.6 is 11.6 Å². The fraction of sp³-hybridized carbons (Fsp3) is 0.316. The minimum Gasteiger partial charge on any atom is -0.376 e. The minimum atomic E-state index is -0.439. The molecule has 3 heterocycles. The van der Waals surface area contributed by atoms with E-state index < -0.39 is 5.82 Å². The Labute approximate surface area is 166 Å². The number of aromatic amines is 1. The minimum absolute atomic E-state index is 0.0404. The topological polar surface area (TPSA) is 85.9 Å². The number of anilines is 2. The lowest BCUT2D eigenvalue weighted by atomic mass is 10.1. The van der Waals surface area contributed by atoms with Crippen molar-refractivity contribution in [1.29, 1.82) is 0 Å². The SMILES string of the molecule is O=C(CNc1cc(F)cc(Cl)c1)N1CCC[C@H](Nc2ncnc3[nH]ccc23)C1. The van der Waals surface area contributed by atoms with Crippen LogP contribution in [0.2, 0.25) is 5.02 Å². The van der Waals surface area contributed by atoms with Crippen molar-refractivity contribution in [2.24, 2.45) is 0 Å². The molecule has 146 valence electrons. The number of rotatable bonds is 5. The first-order valence-corrected chi connectivity index (χ1v) is 9.48. The Balaban J connectivity index is 1.36. The number of halogens is 2. The highest BCUT2D eigenvalue weighted by Crippen LogP contribution is 2.22. The molecular weight excluding hydrogens is 383 g/mol. The van der Waals surface area contributed by atoms with Gasteiger partial charge in [0.2, 0.25) is 5.91 Å². The van der Waals surface area contributed by atoms with Crippen molar-refractivity contribution in [2.45, 2.75) is 18.9 Å². The molecule has 1 saturated heterocycles. The maximum atomic E-state index is 13.4. The second-order valence-electron chi connectivity index (χ2n) is 6.80. The molecule has 1 fully saturated rings. The third-order valence-electron chi connectivity index (χ3n) is 4.78. The molecule has 0 unspecified atom stereocenters. The Kier molecular flexibility index (Phi) is 5.29. The average molecular weight is 403 g/mol. The Bertz CT molecular complexity index is 973. The summed E-state index contributed by atoms with van der Waals surface area (Å²) >= 11 is 5.85. The number of carbonyl (C=O) groups is 1. The van der Waals surface area contributed by atoms with Crippen LogP contribution in [0, 0.1) is 5.82 Å². The van der Waals surface area contributed by atoms with E-state index in [0.29, 0.717) is 18.8 Å². The Morgan fingerprint density at radius 1 is 1.36 bits per heavy atom. The van der Waals surface area contributed by atoms with Gasteiger partial charge in [-0.3, -0.25) is 4.79 Å². The summed E-state index contributed by atoms with van der Waals surface area (Å²) in [5.41, 5.74) is 1.26. The lowest BCUT2D eigenvalue weighted by Crippen LogP contribution is -2.47. The summed E-state index contributed by atoms with van der Waals surface area (Å²) in [4.78, 5) is 26.0. The lowest BCUT2D eigenvalue weighted by Gasteiger charge is -2.33. The molecule has 28 heavy (non-hydrogen) atoms. The first kappa shape index (κ1) is 18.5. The predicted octanol–water partition coefficient (Wildman–Crippen LogP) is 3.27. The van der Waals surface area contributed by atoms with Crippen LogP contribution in [-0.4, -0.2) is 51.4 Å². The summed E-state index contributed by atoms with van der Waals surface area (Å²) < 4.78 is 13.4. The van der Waals surface area contributed by atoms with E-state index in [4.69, 9.17) is 11.6 Å². The summed E-state index contributed by atoms with van der Waals surface area (Å²) in [6.45, 7) is 1.37. The first-order chi connectivity index (χ1) is 13.6. The van der Waals surface area contributed by atoms with Gasteiger partial charge in [0, 0.05) is 36.0 Å².